The van der Waals surface area contributed by atoms with Gasteiger partial charge >= 0.3 is 0 Å². The highest BCUT2D eigenvalue weighted by atomic mass is 79.9. The Balaban J connectivity index is 1.32. The third-order valence-electron chi connectivity index (χ3n) is 6.14. The molecule has 0 aromatic heterocycles. The number of sulfonamides is 2. The fraction of sp³-hybridized carbons (Fsp3) is 0.240. The van der Waals surface area contributed by atoms with E-state index in [0.717, 1.165) is 10.5 Å². The molecule has 1 saturated heterocycles. The first-order valence-corrected chi connectivity index (χ1v) is 15.8. The van der Waals surface area contributed by atoms with Gasteiger partial charge in [-0.15, -0.1) is 0 Å². The summed E-state index contributed by atoms with van der Waals surface area (Å²) in [6.45, 7) is 0.233. The van der Waals surface area contributed by atoms with E-state index in [4.69, 9.17) is 11.6 Å². The zero-order valence-corrected chi connectivity index (χ0v) is 23.9. The van der Waals surface area contributed by atoms with E-state index < -0.39 is 37.5 Å². The molecule has 0 saturated carbocycles. The van der Waals surface area contributed by atoms with Gasteiger partial charge in [-0.3, -0.25) is 9.52 Å². The van der Waals surface area contributed by atoms with Crippen LogP contribution in [0.25, 0.3) is 0 Å². The summed E-state index contributed by atoms with van der Waals surface area (Å²) in [7, 11) is -7.63. The maximum absolute atomic E-state index is 14.1. The number of rotatable bonds is 8. The Morgan fingerprint density at radius 2 is 1.55 bits per heavy atom. The summed E-state index contributed by atoms with van der Waals surface area (Å²) >= 11 is 9.27. The summed E-state index contributed by atoms with van der Waals surface area (Å²) in [6.07, 6.45) is 0.583. The Bertz CT molecular complexity index is 1510. The van der Waals surface area contributed by atoms with Crippen LogP contribution in [0, 0.1) is 11.7 Å². The number of benzene rings is 3. The Hall–Kier alpha value is -2.51. The standard InChI is InChI=1S/C25H24BrClFN3O5S2/c26-18-4-6-20(7-5-18)30-38(35,36)21-10-8-19(9-11-21)29-25(32)17-12-14-31(15-13-17)37(33,34)16-22-23(27)2-1-3-24(22)28/h1-11,17,30H,12-16H2,(H,29,32). The van der Waals surface area contributed by atoms with E-state index in [1.54, 1.807) is 24.3 Å². The van der Waals surface area contributed by atoms with Crippen LogP contribution in [0.2, 0.25) is 5.02 Å². The van der Waals surface area contributed by atoms with Gasteiger partial charge < -0.3 is 5.32 Å². The molecule has 1 fully saturated rings. The summed E-state index contributed by atoms with van der Waals surface area (Å²) in [5.41, 5.74) is 0.754. The smallest absolute Gasteiger partial charge is 0.261 e. The SMILES string of the molecule is O=C(Nc1ccc(S(=O)(=O)Nc2ccc(Br)cc2)cc1)C1CCN(S(=O)(=O)Cc2c(F)cccc2Cl)CC1. The van der Waals surface area contributed by atoms with Gasteiger partial charge in [-0.25, -0.2) is 25.5 Å². The summed E-state index contributed by atoms with van der Waals surface area (Å²) in [5.74, 6) is -1.96. The molecule has 8 nitrogen and oxygen atoms in total. The van der Waals surface area contributed by atoms with Crippen molar-refractivity contribution in [2.45, 2.75) is 23.5 Å². The van der Waals surface area contributed by atoms with Crippen molar-refractivity contribution in [2.75, 3.05) is 23.1 Å². The fourth-order valence-electron chi connectivity index (χ4n) is 4.03. The van der Waals surface area contributed by atoms with E-state index >= 15 is 0 Å². The number of carbonyl (C=O) groups is 1. The quantitative estimate of drug-likeness (QED) is 0.349. The summed E-state index contributed by atoms with van der Waals surface area (Å²) in [6, 6.07) is 16.5. The molecule has 4 rings (SSSR count). The van der Waals surface area contributed by atoms with Crippen molar-refractivity contribution >= 4 is 64.9 Å². The van der Waals surface area contributed by atoms with E-state index in [0.29, 0.717) is 24.2 Å². The number of hydrogen-bond acceptors (Lipinski definition) is 5. The lowest BCUT2D eigenvalue weighted by Gasteiger charge is -2.30. The van der Waals surface area contributed by atoms with Gasteiger partial charge in [-0.2, -0.15) is 0 Å². The van der Waals surface area contributed by atoms with Gasteiger partial charge in [0.25, 0.3) is 10.0 Å². The van der Waals surface area contributed by atoms with Crippen molar-refractivity contribution in [3.8, 4) is 0 Å². The lowest BCUT2D eigenvalue weighted by atomic mass is 9.97. The van der Waals surface area contributed by atoms with Crippen LogP contribution < -0.4 is 10.0 Å². The van der Waals surface area contributed by atoms with Crippen LogP contribution in [0.5, 0.6) is 0 Å². The van der Waals surface area contributed by atoms with Crippen molar-refractivity contribution in [3.05, 3.63) is 87.6 Å². The van der Waals surface area contributed by atoms with Crippen LogP contribution in [-0.4, -0.2) is 40.1 Å². The molecule has 38 heavy (non-hydrogen) atoms. The minimum Gasteiger partial charge on any atom is -0.326 e. The Morgan fingerprint density at radius 1 is 0.947 bits per heavy atom. The molecule has 3 aromatic carbocycles. The van der Waals surface area contributed by atoms with Gasteiger partial charge in [-0.05, 0) is 73.5 Å². The summed E-state index contributed by atoms with van der Waals surface area (Å²) in [4.78, 5) is 12.8. The van der Waals surface area contributed by atoms with Crippen LogP contribution in [0.15, 0.2) is 76.1 Å². The second-order valence-electron chi connectivity index (χ2n) is 8.76. The van der Waals surface area contributed by atoms with Crippen LogP contribution in [0.1, 0.15) is 18.4 Å². The molecular formula is C25H24BrClFN3O5S2. The van der Waals surface area contributed by atoms with Crippen molar-refractivity contribution in [1.29, 1.82) is 0 Å². The van der Waals surface area contributed by atoms with Gasteiger partial charge in [0.1, 0.15) is 5.82 Å². The molecule has 0 aliphatic carbocycles. The fourth-order valence-corrected chi connectivity index (χ4v) is 7.27. The number of piperidine rings is 1. The first kappa shape index (κ1) is 28.5. The third-order valence-corrected chi connectivity index (χ3v) is 10.2. The Labute approximate surface area is 234 Å². The predicted octanol–water partition coefficient (Wildman–Crippen LogP) is 5.22. The number of nitrogens with one attached hydrogen (secondary N) is 2. The van der Waals surface area contributed by atoms with Crippen LogP contribution >= 0.6 is 27.5 Å². The van der Waals surface area contributed by atoms with E-state index in [-0.39, 0.29) is 34.5 Å². The maximum atomic E-state index is 14.1. The maximum Gasteiger partial charge on any atom is 0.261 e. The van der Waals surface area contributed by atoms with E-state index in [1.807, 2.05) is 0 Å². The molecule has 1 aliphatic rings. The molecule has 2 N–H and O–H groups in total. The number of nitrogens with zero attached hydrogens (tertiary/aromatic N) is 1. The van der Waals surface area contributed by atoms with Crippen molar-refractivity contribution in [1.82, 2.24) is 4.31 Å². The topological polar surface area (TPSA) is 113 Å². The van der Waals surface area contributed by atoms with E-state index in [9.17, 15) is 26.0 Å². The minimum atomic E-state index is -3.82. The Kier molecular flexibility index (Phi) is 8.78. The molecule has 0 radical (unpaired) electrons. The molecule has 0 spiro atoms. The van der Waals surface area contributed by atoms with Gasteiger partial charge in [0, 0.05) is 45.4 Å². The molecule has 1 aliphatic heterocycles. The highest BCUT2D eigenvalue weighted by Gasteiger charge is 2.32. The zero-order chi connectivity index (χ0) is 27.5. The summed E-state index contributed by atoms with van der Waals surface area (Å²) in [5, 5.41) is 2.81. The third kappa shape index (κ3) is 6.92. The number of carbonyl (C=O) groups excluding carboxylic acids is 1. The van der Waals surface area contributed by atoms with Gasteiger partial charge in [0.15, 0.2) is 0 Å². The van der Waals surface area contributed by atoms with Gasteiger partial charge in [0.2, 0.25) is 15.9 Å². The number of halogens is 3. The lowest BCUT2D eigenvalue weighted by molar-refractivity contribution is -0.120. The predicted molar refractivity (Wildman–Crippen MR) is 148 cm³/mol. The van der Waals surface area contributed by atoms with E-state index in [1.165, 1.54) is 40.7 Å². The second-order valence-corrected chi connectivity index (χ2v) is 13.7. The molecule has 1 amide bonds. The highest BCUT2D eigenvalue weighted by Crippen LogP contribution is 2.27. The first-order chi connectivity index (χ1) is 17.9. The number of hydrogen-bond donors (Lipinski definition) is 2. The molecule has 13 heteroatoms. The average Bonchev–Trinajstić information content (AvgIpc) is 2.88. The number of amides is 1. The molecule has 202 valence electrons. The van der Waals surface area contributed by atoms with Crippen molar-refractivity contribution in [2.24, 2.45) is 5.92 Å². The largest absolute Gasteiger partial charge is 0.326 e. The molecule has 0 atom stereocenters. The van der Waals surface area contributed by atoms with Crippen LogP contribution in [0.3, 0.4) is 0 Å². The van der Waals surface area contributed by atoms with Crippen LogP contribution in [-0.2, 0) is 30.6 Å². The molecule has 3 aromatic rings. The zero-order valence-electron chi connectivity index (χ0n) is 19.9. The number of anilines is 2. The monoisotopic (exact) mass is 643 g/mol. The average molecular weight is 645 g/mol. The highest BCUT2D eigenvalue weighted by molar-refractivity contribution is 9.10. The van der Waals surface area contributed by atoms with Crippen LogP contribution in [0.4, 0.5) is 15.8 Å². The minimum absolute atomic E-state index is 0.0342. The van der Waals surface area contributed by atoms with Crippen molar-refractivity contribution < 1.29 is 26.0 Å². The van der Waals surface area contributed by atoms with Crippen molar-refractivity contribution in [3.63, 3.8) is 0 Å². The van der Waals surface area contributed by atoms with Gasteiger partial charge in [0.05, 0.1) is 10.6 Å². The summed E-state index contributed by atoms with van der Waals surface area (Å²) < 4.78 is 69.5. The second kappa shape index (κ2) is 11.7. The Morgan fingerprint density at radius 3 is 2.16 bits per heavy atom. The lowest BCUT2D eigenvalue weighted by Crippen LogP contribution is -2.42. The van der Waals surface area contributed by atoms with Gasteiger partial charge in [-0.1, -0.05) is 33.6 Å². The molecular weight excluding hydrogens is 621 g/mol. The normalized spacial score (nSPS) is 15.2. The molecule has 0 bridgehead atoms. The van der Waals surface area contributed by atoms with E-state index in [2.05, 4.69) is 26.0 Å². The first-order valence-electron chi connectivity index (χ1n) is 11.5. The molecule has 1 heterocycles. The molecule has 0 unspecified atom stereocenters.